The van der Waals surface area contributed by atoms with E-state index in [1.165, 1.54) is 6.07 Å². The smallest absolute Gasteiger partial charge is 0.264 e. The Hall–Kier alpha value is -4.50. The number of para-hydroxylation sites is 2. The molecule has 9 heteroatoms. The van der Waals surface area contributed by atoms with Crippen LogP contribution in [0, 0.1) is 0 Å². The predicted octanol–water partition coefficient (Wildman–Crippen LogP) is 5.16. The molecular weight excluding hydrogens is 486 g/mol. The molecule has 1 unspecified atom stereocenters. The lowest BCUT2D eigenvalue weighted by Gasteiger charge is -2.29. The molecule has 0 spiro atoms. The molecule has 0 bridgehead atoms. The van der Waals surface area contributed by atoms with Gasteiger partial charge in [0.2, 0.25) is 0 Å². The zero-order valence-electron chi connectivity index (χ0n) is 20.1. The number of pyridine rings is 1. The number of carbonyl (C=O) groups excluding carboxylic acids is 1. The van der Waals surface area contributed by atoms with E-state index in [-0.39, 0.29) is 22.1 Å². The zero-order chi connectivity index (χ0) is 25.8. The lowest BCUT2D eigenvalue weighted by molar-refractivity contribution is 0.0668. The van der Waals surface area contributed by atoms with Gasteiger partial charge >= 0.3 is 0 Å². The van der Waals surface area contributed by atoms with E-state index in [4.69, 9.17) is 0 Å². The molecule has 37 heavy (non-hydrogen) atoms. The number of H-pyrrole nitrogens is 1. The van der Waals surface area contributed by atoms with Crippen LogP contribution in [0.5, 0.6) is 0 Å². The Morgan fingerprint density at radius 2 is 1.68 bits per heavy atom. The van der Waals surface area contributed by atoms with Crippen molar-refractivity contribution in [2.45, 2.75) is 24.4 Å². The lowest BCUT2D eigenvalue weighted by Crippen LogP contribution is -2.34. The van der Waals surface area contributed by atoms with Gasteiger partial charge in [0.1, 0.15) is 10.7 Å². The molecule has 0 saturated carbocycles. The molecule has 2 aromatic heterocycles. The third-order valence-corrected chi connectivity index (χ3v) is 7.52. The van der Waals surface area contributed by atoms with Crippen molar-refractivity contribution in [3.8, 4) is 0 Å². The van der Waals surface area contributed by atoms with E-state index in [2.05, 4.69) is 19.7 Å². The molecule has 1 amide bonds. The summed E-state index contributed by atoms with van der Waals surface area (Å²) in [6.07, 6.45) is 4.89. The van der Waals surface area contributed by atoms with Crippen molar-refractivity contribution in [3.63, 3.8) is 0 Å². The van der Waals surface area contributed by atoms with Crippen molar-refractivity contribution >= 4 is 32.5 Å². The first-order valence-corrected chi connectivity index (χ1v) is 13.2. The third-order valence-electron chi connectivity index (χ3n) is 6.13. The van der Waals surface area contributed by atoms with Crippen molar-refractivity contribution in [1.82, 2.24) is 19.9 Å². The summed E-state index contributed by atoms with van der Waals surface area (Å²) in [5, 5.41) is 0.705. The number of aromatic nitrogens is 3. The molecule has 0 radical (unpaired) electrons. The van der Waals surface area contributed by atoms with E-state index in [0.717, 1.165) is 5.56 Å². The van der Waals surface area contributed by atoms with Crippen molar-refractivity contribution in [3.05, 3.63) is 120 Å². The Morgan fingerprint density at radius 3 is 2.46 bits per heavy atom. The first-order valence-electron chi connectivity index (χ1n) is 11.7. The standard InChI is InChI=1S/C28H25N5O3S/c1-20(27-30-17-18-31-27)33(19-21-9-3-2-4-10-21)28(34)23-13-5-6-14-24(23)32-37(35,36)25-15-7-11-22-12-8-16-29-26(22)25/h2-18,20,32H,19H2,1H3,(H,30,31). The Kier molecular flexibility index (Phi) is 6.70. The number of hydrogen-bond donors (Lipinski definition) is 2. The average Bonchev–Trinajstić information content (AvgIpc) is 3.47. The molecule has 2 heterocycles. The highest BCUT2D eigenvalue weighted by Crippen LogP contribution is 2.28. The Labute approximate surface area is 215 Å². The van der Waals surface area contributed by atoms with Gasteiger partial charge < -0.3 is 9.88 Å². The zero-order valence-corrected chi connectivity index (χ0v) is 20.9. The minimum Gasteiger partial charge on any atom is -0.347 e. The maximum Gasteiger partial charge on any atom is 0.264 e. The molecule has 186 valence electrons. The van der Waals surface area contributed by atoms with Crippen LogP contribution >= 0.6 is 0 Å². The van der Waals surface area contributed by atoms with Crippen molar-refractivity contribution in [2.24, 2.45) is 0 Å². The fraction of sp³-hybridized carbons (Fsp3) is 0.107. The van der Waals surface area contributed by atoms with Crippen molar-refractivity contribution in [2.75, 3.05) is 4.72 Å². The highest BCUT2D eigenvalue weighted by molar-refractivity contribution is 7.93. The quantitative estimate of drug-likeness (QED) is 0.299. The van der Waals surface area contributed by atoms with Gasteiger partial charge in [-0.1, -0.05) is 60.7 Å². The maximum atomic E-state index is 14.0. The van der Waals surface area contributed by atoms with Gasteiger partial charge in [0, 0.05) is 30.5 Å². The van der Waals surface area contributed by atoms with Crippen LogP contribution in [0.25, 0.3) is 10.9 Å². The molecule has 1 atom stereocenters. The second-order valence-corrected chi connectivity index (χ2v) is 10.2. The van der Waals surface area contributed by atoms with Crippen LogP contribution in [0.4, 0.5) is 5.69 Å². The molecule has 0 aliphatic heterocycles. The van der Waals surface area contributed by atoms with Gasteiger partial charge in [-0.15, -0.1) is 0 Å². The van der Waals surface area contributed by atoms with E-state index in [0.29, 0.717) is 23.3 Å². The summed E-state index contributed by atoms with van der Waals surface area (Å²) in [6.45, 7) is 2.20. The normalized spacial score (nSPS) is 12.2. The number of amides is 1. The predicted molar refractivity (Wildman–Crippen MR) is 142 cm³/mol. The Morgan fingerprint density at radius 1 is 0.919 bits per heavy atom. The van der Waals surface area contributed by atoms with Crippen LogP contribution in [0.2, 0.25) is 0 Å². The van der Waals surface area contributed by atoms with Crippen LogP contribution in [0.3, 0.4) is 0 Å². The summed E-state index contributed by atoms with van der Waals surface area (Å²) < 4.78 is 29.6. The van der Waals surface area contributed by atoms with Gasteiger partial charge in [-0.3, -0.25) is 14.5 Å². The Balaban J connectivity index is 1.52. The van der Waals surface area contributed by atoms with Gasteiger partial charge in [-0.05, 0) is 36.8 Å². The maximum absolute atomic E-state index is 14.0. The van der Waals surface area contributed by atoms with Gasteiger partial charge in [-0.25, -0.2) is 13.4 Å². The minimum absolute atomic E-state index is 0.0398. The molecule has 2 N–H and O–H groups in total. The fourth-order valence-corrected chi connectivity index (χ4v) is 5.48. The second-order valence-electron chi connectivity index (χ2n) is 8.55. The van der Waals surface area contributed by atoms with E-state index in [1.807, 2.05) is 37.3 Å². The van der Waals surface area contributed by atoms with Crippen LogP contribution in [0.1, 0.15) is 34.7 Å². The number of imidazole rings is 1. The first-order chi connectivity index (χ1) is 17.9. The number of fused-ring (bicyclic) bond motifs is 1. The number of rotatable bonds is 8. The summed E-state index contributed by atoms with van der Waals surface area (Å²) in [5.74, 6) is 0.297. The Bertz CT molecular complexity index is 1630. The van der Waals surface area contributed by atoms with Crippen LogP contribution < -0.4 is 4.72 Å². The lowest BCUT2D eigenvalue weighted by atomic mass is 10.1. The van der Waals surface area contributed by atoms with E-state index in [1.54, 1.807) is 72.0 Å². The summed E-state index contributed by atoms with van der Waals surface area (Å²) >= 11 is 0. The molecule has 8 nitrogen and oxygen atoms in total. The van der Waals surface area contributed by atoms with Gasteiger partial charge in [0.05, 0.1) is 22.8 Å². The van der Waals surface area contributed by atoms with E-state index < -0.39 is 16.1 Å². The molecule has 0 aliphatic carbocycles. The summed E-state index contributed by atoms with van der Waals surface area (Å²) in [5.41, 5.74) is 1.71. The number of sulfonamides is 1. The number of carbonyl (C=O) groups is 1. The number of nitrogens with one attached hydrogen (secondary N) is 2. The van der Waals surface area contributed by atoms with Crippen LogP contribution in [-0.4, -0.2) is 34.2 Å². The van der Waals surface area contributed by atoms with Crippen molar-refractivity contribution in [1.29, 1.82) is 0 Å². The van der Waals surface area contributed by atoms with Gasteiger partial charge in [0.15, 0.2) is 0 Å². The van der Waals surface area contributed by atoms with Crippen LogP contribution in [-0.2, 0) is 16.6 Å². The molecule has 0 fully saturated rings. The molecule has 3 aromatic carbocycles. The highest BCUT2D eigenvalue weighted by atomic mass is 32.2. The number of hydrogen-bond acceptors (Lipinski definition) is 5. The van der Waals surface area contributed by atoms with E-state index in [9.17, 15) is 13.2 Å². The third kappa shape index (κ3) is 5.07. The molecule has 0 saturated heterocycles. The summed E-state index contributed by atoms with van der Waals surface area (Å²) in [7, 11) is -4.05. The summed E-state index contributed by atoms with van der Waals surface area (Å²) in [6, 6.07) is 24.4. The largest absolute Gasteiger partial charge is 0.347 e. The van der Waals surface area contributed by atoms with Gasteiger partial charge in [0.25, 0.3) is 15.9 Å². The minimum atomic E-state index is -4.05. The highest BCUT2D eigenvalue weighted by Gasteiger charge is 2.28. The second kappa shape index (κ2) is 10.2. The number of nitrogens with zero attached hydrogens (tertiary/aromatic N) is 3. The first kappa shape index (κ1) is 24.2. The molecular formula is C28H25N5O3S. The molecule has 5 rings (SSSR count). The van der Waals surface area contributed by atoms with Crippen molar-refractivity contribution < 1.29 is 13.2 Å². The van der Waals surface area contributed by atoms with Gasteiger partial charge in [-0.2, -0.15) is 0 Å². The number of benzene rings is 3. The van der Waals surface area contributed by atoms with Crippen LogP contribution in [0.15, 0.2) is 108 Å². The SMILES string of the molecule is CC(c1ncc[nH]1)N(Cc1ccccc1)C(=O)c1ccccc1NS(=O)(=O)c1cccc2cccnc12. The molecule has 5 aromatic rings. The number of aromatic amines is 1. The molecule has 0 aliphatic rings. The monoisotopic (exact) mass is 511 g/mol. The van der Waals surface area contributed by atoms with E-state index >= 15 is 0 Å². The topological polar surface area (TPSA) is 108 Å². The number of anilines is 1. The summed E-state index contributed by atoms with van der Waals surface area (Å²) in [4.78, 5) is 27.4. The fourth-order valence-electron chi connectivity index (χ4n) is 4.22. The average molecular weight is 512 g/mol.